The fraction of sp³-hybridized carbons (Fsp3) is 0.263. The topological polar surface area (TPSA) is 95.9 Å². The summed E-state index contributed by atoms with van der Waals surface area (Å²) in [6.07, 6.45) is 4.58. The number of hydrogen-bond acceptors (Lipinski definition) is 6. The van der Waals surface area contributed by atoms with Crippen molar-refractivity contribution in [3.8, 4) is 11.4 Å². The van der Waals surface area contributed by atoms with Crippen LogP contribution in [-0.2, 0) is 0 Å². The molecule has 2 N–H and O–H groups in total. The minimum absolute atomic E-state index is 0.0685. The number of ether oxygens (including phenoxy) is 1. The third-order valence-electron chi connectivity index (χ3n) is 4.39. The number of rotatable bonds is 6. The highest BCUT2D eigenvalue weighted by molar-refractivity contribution is 5.97. The van der Waals surface area contributed by atoms with Crippen molar-refractivity contribution in [3.63, 3.8) is 0 Å². The van der Waals surface area contributed by atoms with Gasteiger partial charge in [0.05, 0.1) is 23.8 Å². The summed E-state index contributed by atoms with van der Waals surface area (Å²) in [5.74, 6) is 0.232. The van der Waals surface area contributed by atoms with Crippen molar-refractivity contribution in [1.82, 2.24) is 20.0 Å². The predicted octanol–water partition coefficient (Wildman–Crippen LogP) is 3.12. The summed E-state index contributed by atoms with van der Waals surface area (Å²) in [5, 5.41) is 8.46. The SMILES string of the molecule is C[C@@H](Oc1ccc(C(=O)C2CC2)nc1)c1cnn(-c2ccc(N)c(F)c2)n1. The Balaban J connectivity index is 1.45. The maximum atomic E-state index is 13.6. The molecular formula is C19H18FN5O2. The van der Waals surface area contributed by atoms with E-state index in [0.717, 1.165) is 12.8 Å². The Hall–Kier alpha value is -3.29. The van der Waals surface area contributed by atoms with Crippen molar-refractivity contribution in [3.05, 3.63) is 59.9 Å². The first-order valence-corrected chi connectivity index (χ1v) is 8.66. The van der Waals surface area contributed by atoms with Gasteiger partial charge in [-0.15, -0.1) is 5.10 Å². The van der Waals surface area contributed by atoms with E-state index in [1.807, 2.05) is 6.92 Å². The van der Waals surface area contributed by atoms with Gasteiger partial charge in [0.1, 0.15) is 29.1 Å². The number of hydrogen-bond donors (Lipinski definition) is 1. The third-order valence-corrected chi connectivity index (χ3v) is 4.39. The van der Waals surface area contributed by atoms with Crippen LogP contribution in [0.3, 0.4) is 0 Å². The molecule has 8 heteroatoms. The number of ketones is 1. The predicted molar refractivity (Wildman–Crippen MR) is 96.1 cm³/mol. The number of pyridine rings is 1. The normalized spacial score (nSPS) is 14.7. The molecule has 138 valence electrons. The Kier molecular flexibility index (Phi) is 4.31. The van der Waals surface area contributed by atoms with Crippen LogP contribution in [0, 0.1) is 11.7 Å². The number of anilines is 1. The molecular weight excluding hydrogens is 349 g/mol. The second kappa shape index (κ2) is 6.79. The number of carbonyl (C=O) groups excluding carboxylic acids is 1. The van der Waals surface area contributed by atoms with Gasteiger partial charge in [-0.1, -0.05) is 0 Å². The van der Waals surface area contributed by atoms with Gasteiger partial charge in [-0.05, 0) is 44.0 Å². The van der Waals surface area contributed by atoms with Crippen molar-refractivity contribution >= 4 is 11.5 Å². The molecule has 0 saturated heterocycles. The highest BCUT2D eigenvalue weighted by Crippen LogP contribution is 2.32. The molecule has 1 aliphatic rings. The lowest BCUT2D eigenvalue weighted by molar-refractivity contribution is 0.0962. The van der Waals surface area contributed by atoms with Gasteiger partial charge in [0.15, 0.2) is 5.78 Å². The maximum Gasteiger partial charge on any atom is 0.184 e. The molecule has 7 nitrogen and oxygen atoms in total. The molecule has 1 aromatic carbocycles. The number of aromatic nitrogens is 4. The number of halogens is 1. The lowest BCUT2D eigenvalue weighted by atomic mass is 10.2. The second-order valence-corrected chi connectivity index (χ2v) is 6.54. The van der Waals surface area contributed by atoms with Crippen molar-refractivity contribution in [2.45, 2.75) is 25.9 Å². The molecule has 3 aromatic rings. The van der Waals surface area contributed by atoms with Gasteiger partial charge in [-0.25, -0.2) is 9.37 Å². The molecule has 2 aromatic heterocycles. The summed E-state index contributed by atoms with van der Waals surface area (Å²) in [6.45, 7) is 1.82. The van der Waals surface area contributed by atoms with Gasteiger partial charge in [-0.2, -0.15) is 9.90 Å². The fourth-order valence-electron chi connectivity index (χ4n) is 2.64. The van der Waals surface area contributed by atoms with Gasteiger partial charge >= 0.3 is 0 Å². The first-order valence-electron chi connectivity index (χ1n) is 8.66. The minimum atomic E-state index is -0.525. The Morgan fingerprint density at radius 1 is 1.30 bits per heavy atom. The number of nitrogens with two attached hydrogens (primary N) is 1. The van der Waals surface area contributed by atoms with E-state index in [2.05, 4.69) is 15.2 Å². The number of nitrogens with zero attached hydrogens (tertiary/aromatic N) is 4. The van der Waals surface area contributed by atoms with Crippen LogP contribution in [0.25, 0.3) is 5.69 Å². The lowest BCUT2D eigenvalue weighted by Crippen LogP contribution is -2.07. The molecule has 1 aliphatic carbocycles. The first-order chi connectivity index (χ1) is 13.0. The van der Waals surface area contributed by atoms with Crippen LogP contribution in [0.15, 0.2) is 42.7 Å². The second-order valence-electron chi connectivity index (χ2n) is 6.54. The highest BCUT2D eigenvalue weighted by Gasteiger charge is 2.31. The smallest absolute Gasteiger partial charge is 0.184 e. The monoisotopic (exact) mass is 367 g/mol. The molecule has 0 aliphatic heterocycles. The average Bonchev–Trinajstić information content (AvgIpc) is 3.40. The quantitative estimate of drug-likeness (QED) is 0.531. The third kappa shape index (κ3) is 3.64. The molecule has 1 atom stereocenters. The van der Waals surface area contributed by atoms with Crippen molar-refractivity contribution in [1.29, 1.82) is 0 Å². The van der Waals surface area contributed by atoms with E-state index in [4.69, 9.17) is 10.5 Å². The van der Waals surface area contributed by atoms with E-state index in [0.29, 0.717) is 22.8 Å². The zero-order valence-electron chi connectivity index (χ0n) is 14.7. The van der Waals surface area contributed by atoms with Crippen LogP contribution in [0.5, 0.6) is 5.75 Å². The maximum absolute atomic E-state index is 13.6. The van der Waals surface area contributed by atoms with Crippen LogP contribution in [0.4, 0.5) is 10.1 Å². The summed E-state index contributed by atoms with van der Waals surface area (Å²) < 4.78 is 19.4. The van der Waals surface area contributed by atoms with E-state index in [1.54, 1.807) is 24.4 Å². The van der Waals surface area contributed by atoms with Crippen molar-refractivity contribution in [2.75, 3.05) is 5.73 Å². The Morgan fingerprint density at radius 2 is 2.11 bits per heavy atom. The van der Waals surface area contributed by atoms with E-state index in [1.165, 1.54) is 23.1 Å². The van der Waals surface area contributed by atoms with Crippen LogP contribution in [0.2, 0.25) is 0 Å². The number of Topliss-reactive ketones (excluding diaryl/α,β-unsaturated/α-hetero) is 1. The molecule has 0 radical (unpaired) electrons. The molecule has 1 saturated carbocycles. The van der Waals surface area contributed by atoms with Gasteiger partial charge < -0.3 is 10.5 Å². The zero-order valence-corrected chi connectivity index (χ0v) is 14.7. The number of carbonyl (C=O) groups is 1. The Bertz CT molecular complexity index is 982. The Labute approximate surface area is 155 Å². The molecule has 4 rings (SSSR count). The van der Waals surface area contributed by atoms with Crippen LogP contribution in [0.1, 0.15) is 42.1 Å². The molecule has 2 heterocycles. The summed E-state index contributed by atoms with van der Waals surface area (Å²) in [5.41, 5.74) is 7.06. The molecule has 27 heavy (non-hydrogen) atoms. The van der Waals surface area contributed by atoms with E-state index in [9.17, 15) is 9.18 Å². The van der Waals surface area contributed by atoms with Gasteiger partial charge in [0.2, 0.25) is 0 Å². The first kappa shape index (κ1) is 17.1. The largest absolute Gasteiger partial charge is 0.483 e. The molecule has 0 amide bonds. The summed E-state index contributed by atoms with van der Waals surface area (Å²) >= 11 is 0. The van der Waals surface area contributed by atoms with Gasteiger partial charge in [-0.3, -0.25) is 4.79 Å². The molecule has 1 fully saturated rings. The van der Waals surface area contributed by atoms with Gasteiger partial charge in [0, 0.05) is 12.0 Å². The fourth-order valence-corrected chi connectivity index (χ4v) is 2.64. The summed E-state index contributed by atoms with van der Waals surface area (Å²) in [4.78, 5) is 17.5. The van der Waals surface area contributed by atoms with Crippen LogP contribution >= 0.6 is 0 Å². The van der Waals surface area contributed by atoms with Crippen molar-refractivity contribution in [2.24, 2.45) is 5.92 Å². The molecule has 0 bridgehead atoms. The molecule has 0 unspecified atom stereocenters. The van der Waals surface area contributed by atoms with Crippen LogP contribution < -0.4 is 10.5 Å². The molecule has 0 spiro atoms. The summed E-state index contributed by atoms with van der Waals surface area (Å²) in [7, 11) is 0. The van der Waals surface area contributed by atoms with E-state index in [-0.39, 0.29) is 17.4 Å². The van der Waals surface area contributed by atoms with E-state index < -0.39 is 11.9 Å². The highest BCUT2D eigenvalue weighted by atomic mass is 19.1. The number of benzene rings is 1. The zero-order chi connectivity index (χ0) is 19.0. The van der Waals surface area contributed by atoms with Crippen molar-refractivity contribution < 1.29 is 13.9 Å². The van der Waals surface area contributed by atoms with E-state index >= 15 is 0 Å². The lowest BCUT2D eigenvalue weighted by Gasteiger charge is -2.12. The standard InChI is InChI=1S/C19H18FN5O2/c1-11(27-14-5-7-17(22-9-14)19(26)12-2-3-12)18-10-23-25(24-18)13-4-6-16(21)15(20)8-13/h4-12H,2-3,21H2,1H3/t11-/m1/s1. The van der Waals surface area contributed by atoms with Crippen LogP contribution in [-0.4, -0.2) is 25.8 Å². The minimum Gasteiger partial charge on any atom is -0.483 e. The average molecular weight is 367 g/mol. The summed E-state index contributed by atoms with van der Waals surface area (Å²) in [6, 6.07) is 7.76. The Morgan fingerprint density at radius 3 is 2.78 bits per heavy atom. The van der Waals surface area contributed by atoms with Gasteiger partial charge in [0.25, 0.3) is 0 Å². The number of nitrogen functional groups attached to an aromatic ring is 1.